The third kappa shape index (κ3) is 30.7. The zero-order chi connectivity index (χ0) is 87.6. The van der Waals surface area contributed by atoms with Crippen LogP contribution in [0.2, 0.25) is 0 Å². The number of nitrogens with two attached hydrogens (primary N) is 7. The molecule has 0 radical (unpaired) electrons. The minimum Gasteiger partial charge on any atom is -0.394 e. The molecule has 27 N–H and O–H groups in total. The summed E-state index contributed by atoms with van der Waals surface area (Å²) >= 11 is 5.73. The van der Waals surface area contributed by atoms with Crippen molar-refractivity contribution in [3.63, 3.8) is 0 Å². The SMILES string of the molecule is CSCC[C@@H](NC(=O)[C@@H](CS)NC(=O)[C@@H](CCCN=C(N)N)NC(=O)[C@H](CCCN=C(N)N)NC(=O)C1CCC(=O)N1)C(=O)N1CCC[C@@H]1C(=O)N[C@H](CC(C)C)C(=O)N[C@H](Cc1cnc[nH]1)C(=O)N[C@H](CO)C(=O)N[C@H](CCCN=C(N)N)C(=O)N[C@@H](C(=O)N1CCC[C@@H]1C(=O)N[C@H](Cc1ccccc1)C(=O)N1CCC[C@@H]1C(N)=O)C(C)C. The molecule has 0 bridgehead atoms. The Morgan fingerprint density at radius 1 is 0.521 bits per heavy atom. The topological polar surface area (TPSA) is 666 Å². The van der Waals surface area contributed by atoms with Gasteiger partial charge in [0.1, 0.15) is 84.6 Å². The minimum atomic E-state index is -1.81. The van der Waals surface area contributed by atoms with Crippen molar-refractivity contribution in [2.24, 2.45) is 66.9 Å². The largest absolute Gasteiger partial charge is 0.394 e. The summed E-state index contributed by atoms with van der Waals surface area (Å²) in [7, 11) is 0. The maximum Gasteiger partial charge on any atom is 0.246 e. The molecule has 119 heavy (non-hydrogen) atoms. The first-order valence-electron chi connectivity index (χ1n) is 40.1. The Morgan fingerprint density at radius 3 is 1.44 bits per heavy atom. The third-order valence-electron chi connectivity index (χ3n) is 20.5. The Morgan fingerprint density at radius 2 is 0.958 bits per heavy atom. The maximum absolute atomic E-state index is 14.8. The fourth-order valence-corrected chi connectivity index (χ4v) is 15.0. The molecule has 15 amide bonds. The van der Waals surface area contributed by atoms with Gasteiger partial charge in [-0.2, -0.15) is 24.4 Å². The zero-order valence-electron chi connectivity index (χ0n) is 68.0. The molecule has 0 aliphatic carbocycles. The Hall–Kier alpha value is -11.1. The second-order valence-corrected chi connectivity index (χ2v) is 31.9. The van der Waals surface area contributed by atoms with Crippen molar-refractivity contribution in [1.82, 2.24) is 83.2 Å². The number of thioether (sulfide) groups is 1. The van der Waals surface area contributed by atoms with Crippen LogP contribution in [0.25, 0.3) is 0 Å². The van der Waals surface area contributed by atoms with Crippen molar-refractivity contribution in [2.45, 2.75) is 228 Å². The molecule has 6 rings (SSSR count). The Kier molecular flexibility index (Phi) is 39.6. The number of likely N-dealkylation sites (tertiary alicyclic amines) is 3. The predicted molar refractivity (Wildman–Crippen MR) is 444 cm³/mol. The lowest BCUT2D eigenvalue weighted by molar-refractivity contribution is -0.144. The number of imidazole rings is 1. The summed E-state index contributed by atoms with van der Waals surface area (Å²) < 4.78 is 0. The summed E-state index contributed by atoms with van der Waals surface area (Å²) in [5.41, 5.74) is 40.0. The van der Waals surface area contributed by atoms with Crippen molar-refractivity contribution < 1.29 is 77.0 Å². The van der Waals surface area contributed by atoms with Crippen LogP contribution in [0.1, 0.15) is 142 Å². The number of aromatic amines is 1. The van der Waals surface area contributed by atoms with Gasteiger partial charge in [0.25, 0.3) is 0 Å². The van der Waals surface area contributed by atoms with E-state index in [0.717, 1.165) is 0 Å². The second-order valence-electron chi connectivity index (χ2n) is 30.5. The fraction of sp³-hybridized carbons (Fsp3) is 0.640. The molecular weight excluding hydrogens is 1590 g/mol. The first-order chi connectivity index (χ1) is 56.6. The molecule has 1 unspecified atom stereocenters. The number of H-pyrrole nitrogens is 1. The number of aliphatic hydroxyl groups is 1. The van der Waals surface area contributed by atoms with Crippen LogP contribution >= 0.6 is 24.4 Å². The zero-order valence-corrected chi connectivity index (χ0v) is 69.7. The molecule has 658 valence electrons. The number of thiol groups is 1. The van der Waals surface area contributed by atoms with E-state index < -0.39 is 180 Å². The Labute approximate surface area is 700 Å². The van der Waals surface area contributed by atoms with Gasteiger partial charge in [0.2, 0.25) is 88.6 Å². The van der Waals surface area contributed by atoms with Crippen LogP contribution in [0.15, 0.2) is 57.8 Å². The van der Waals surface area contributed by atoms with Gasteiger partial charge >= 0.3 is 0 Å². The van der Waals surface area contributed by atoms with E-state index in [9.17, 15) is 77.0 Å². The number of guanidine groups is 3. The summed E-state index contributed by atoms with van der Waals surface area (Å²) in [6.07, 6.45) is 6.58. The number of aliphatic imine (C=N–C) groups is 3. The molecular formula is C75H120N26O16S2. The van der Waals surface area contributed by atoms with Gasteiger partial charge in [-0.1, -0.05) is 58.0 Å². The van der Waals surface area contributed by atoms with Crippen LogP contribution < -0.4 is 98.6 Å². The molecule has 1 aromatic heterocycles. The van der Waals surface area contributed by atoms with Crippen LogP contribution in [0.4, 0.5) is 0 Å². The highest BCUT2D eigenvalue weighted by molar-refractivity contribution is 7.98. The van der Waals surface area contributed by atoms with E-state index in [-0.39, 0.29) is 165 Å². The first kappa shape index (κ1) is 96.8. The number of benzene rings is 1. The van der Waals surface area contributed by atoms with E-state index in [1.54, 1.807) is 64.3 Å². The number of carbonyl (C=O) groups excluding carboxylic acids is 15. The van der Waals surface area contributed by atoms with Crippen LogP contribution in [-0.4, -0.2) is 284 Å². The number of carbonyl (C=O) groups is 15. The Bertz CT molecular complexity index is 3900. The standard InChI is InChI=1S/C75H120N26O16S2/c1-40(2)33-49(94-68(113)55-21-13-30-100(55)70(115)48(25-32-119-5)92-67(112)53(38-118)97-61(106)45(18-10-27-85-74(79)80)89-60(105)44(17-9-26-84-73(77)78)90-62(107)47-23-24-57(103)88-47)64(109)93-50(35-43-36-83-39-87-43)65(110)96-52(37-102)66(111)91-46(19-11-28-86-75(81)82)63(108)98-58(41(3)4)72(117)101-31-14-22-56(101)69(114)95-51(34-42-15-7-6-8-16-42)71(116)99-29-12-20-54(99)59(76)104/h6-8,15-16,36,39-41,44-56,58,102,118H,9-14,17-35,37-38H2,1-5H3,(H2,76,104)(H,83,87)(H,88,103)(H,89,105)(H,90,107)(H,91,111)(H,92,112)(H,93,109)(H,94,113)(H,95,114)(H,96,110)(H,97,106)(H,98,108)(H4,77,78,84)(H4,79,80,85)(H4,81,82,86)/t44-,45+,46+,47?,48+,49+,50+,51+,52+,53+,54+,55+,56+,58+/m0/s1. The monoisotopic (exact) mass is 1700 g/mol. The van der Waals surface area contributed by atoms with Gasteiger partial charge in [-0.15, -0.1) is 0 Å². The summed E-state index contributed by atoms with van der Waals surface area (Å²) in [4.78, 5) is 235. The van der Waals surface area contributed by atoms with Crippen LogP contribution in [0.3, 0.4) is 0 Å². The smallest absolute Gasteiger partial charge is 0.246 e. The van der Waals surface area contributed by atoms with E-state index in [1.165, 1.54) is 39.0 Å². The highest BCUT2D eigenvalue weighted by Crippen LogP contribution is 2.26. The molecule has 4 aliphatic rings. The highest BCUT2D eigenvalue weighted by atomic mass is 32.2. The van der Waals surface area contributed by atoms with Gasteiger partial charge in [0, 0.05) is 76.2 Å². The molecule has 4 saturated heterocycles. The van der Waals surface area contributed by atoms with Crippen molar-refractivity contribution in [3.8, 4) is 0 Å². The van der Waals surface area contributed by atoms with Crippen molar-refractivity contribution >= 4 is 131 Å². The molecule has 14 atom stereocenters. The van der Waals surface area contributed by atoms with Gasteiger partial charge in [-0.05, 0) is 126 Å². The number of amides is 15. The van der Waals surface area contributed by atoms with Gasteiger partial charge in [0.15, 0.2) is 17.9 Å². The molecule has 42 nitrogen and oxygen atoms in total. The fourth-order valence-electron chi connectivity index (χ4n) is 14.3. The lowest BCUT2D eigenvalue weighted by Gasteiger charge is -2.33. The summed E-state index contributed by atoms with van der Waals surface area (Å²) in [5.74, 6) is -12.9. The summed E-state index contributed by atoms with van der Waals surface area (Å²) in [6.45, 7) is 6.28. The lowest BCUT2D eigenvalue weighted by Crippen LogP contribution is -2.62. The van der Waals surface area contributed by atoms with Gasteiger partial charge < -0.3 is 123 Å². The maximum atomic E-state index is 14.8. The average Bonchev–Trinajstić information content (AvgIpc) is 1.74. The van der Waals surface area contributed by atoms with E-state index in [0.29, 0.717) is 42.7 Å². The van der Waals surface area contributed by atoms with E-state index >= 15 is 0 Å². The summed E-state index contributed by atoms with van der Waals surface area (Å²) in [5, 5.41) is 40.1. The molecule has 4 fully saturated rings. The molecule has 5 heterocycles. The quantitative estimate of drug-likeness (QED) is 0.0127. The number of aromatic nitrogens is 2. The van der Waals surface area contributed by atoms with Crippen LogP contribution in [0, 0.1) is 11.8 Å². The molecule has 2 aromatic rings. The number of nitrogens with one attached hydrogen (secondary N) is 12. The number of primary amides is 1. The third-order valence-corrected chi connectivity index (χ3v) is 21.5. The van der Waals surface area contributed by atoms with Crippen LogP contribution in [0.5, 0.6) is 0 Å². The molecule has 4 aliphatic heterocycles. The normalized spacial score (nSPS) is 18.8. The van der Waals surface area contributed by atoms with Gasteiger partial charge in [-0.3, -0.25) is 86.9 Å². The second kappa shape index (κ2) is 48.7. The first-order valence-corrected chi connectivity index (χ1v) is 42.1. The number of rotatable bonds is 48. The number of nitrogens with zero attached hydrogens (tertiary/aromatic N) is 7. The summed E-state index contributed by atoms with van der Waals surface area (Å²) in [6, 6.07) is -9.18. The predicted octanol–water partition coefficient (Wildman–Crippen LogP) is -6.68. The van der Waals surface area contributed by atoms with Crippen molar-refractivity contribution in [1.29, 1.82) is 0 Å². The number of hydrogen-bond donors (Lipinski definition) is 21. The molecule has 1 aromatic carbocycles. The molecule has 44 heteroatoms. The molecule has 0 saturated carbocycles. The van der Waals surface area contributed by atoms with Crippen molar-refractivity contribution in [3.05, 3.63) is 54.1 Å². The van der Waals surface area contributed by atoms with Gasteiger partial charge in [0.05, 0.1) is 12.9 Å². The highest BCUT2D eigenvalue weighted by Gasteiger charge is 2.45. The molecule has 0 spiro atoms. The lowest BCUT2D eigenvalue weighted by atomic mass is 10.0. The minimum absolute atomic E-state index is 0.00912. The van der Waals surface area contributed by atoms with E-state index in [4.69, 9.17) is 40.1 Å². The Balaban J connectivity index is 1.15. The van der Waals surface area contributed by atoms with E-state index in [2.05, 4.69) is 96.1 Å². The van der Waals surface area contributed by atoms with Gasteiger partial charge in [-0.25, -0.2) is 4.98 Å². The van der Waals surface area contributed by atoms with E-state index in [1.807, 2.05) is 0 Å². The van der Waals surface area contributed by atoms with Crippen LogP contribution in [-0.2, 0) is 84.8 Å². The van der Waals surface area contributed by atoms with Crippen molar-refractivity contribution in [2.75, 3.05) is 63.6 Å². The average molecular weight is 1710 g/mol. The number of hydrogen-bond acceptors (Lipinski definition) is 22. The number of aliphatic hydroxyl groups excluding tert-OH is 1.